The summed E-state index contributed by atoms with van der Waals surface area (Å²) in [7, 11) is 0. The first kappa shape index (κ1) is 14.0. The van der Waals surface area contributed by atoms with Gasteiger partial charge in [-0.05, 0) is 31.9 Å². The second-order valence-electron chi connectivity index (χ2n) is 4.84. The van der Waals surface area contributed by atoms with Crippen LogP contribution < -0.4 is 10.4 Å². The van der Waals surface area contributed by atoms with E-state index in [9.17, 15) is 14.7 Å². The number of amides is 1. The van der Waals surface area contributed by atoms with Gasteiger partial charge in [0.15, 0.2) is 0 Å². The Hall–Kier alpha value is -2.04. The highest BCUT2D eigenvalue weighted by atomic mass is 16.6. The van der Waals surface area contributed by atoms with E-state index in [0.717, 1.165) is 5.56 Å². The van der Waals surface area contributed by atoms with Crippen LogP contribution in [0.15, 0.2) is 24.3 Å². The minimum absolute atomic E-state index is 0.107. The van der Waals surface area contributed by atoms with Gasteiger partial charge in [-0.25, -0.2) is 4.79 Å². The lowest BCUT2D eigenvalue weighted by molar-refractivity contribution is -0.255. The summed E-state index contributed by atoms with van der Waals surface area (Å²) in [5.41, 5.74) is 0.352. The molecule has 0 aliphatic heterocycles. The highest BCUT2D eigenvalue weighted by Crippen LogP contribution is 2.07. The maximum atomic E-state index is 11.4. The third kappa shape index (κ3) is 4.86. The summed E-state index contributed by atoms with van der Waals surface area (Å²) in [5.74, 6) is -1.22. The van der Waals surface area contributed by atoms with Crippen LogP contribution >= 0.6 is 0 Å². The van der Waals surface area contributed by atoms with Crippen LogP contribution in [0.25, 0.3) is 0 Å². The van der Waals surface area contributed by atoms with Crippen molar-refractivity contribution in [2.45, 2.75) is 32.9 Å². The number of nitrogens with one attached hydrogen (secondary N) is 1. The minimum Gasteiger partial charge on any atom is -0.545 e. The number of hydrogen-bond donors (Lipinski definition) is 1. The predicted octanol–water partition coefficient (Wildman–Crippen LogP) is 1.07. The van der Waals surface area contributed by atoms with Gasteiger partial charge in [-0.3, -0.25) is 0 Å². The molecule has 0 fully saturated rings. The first-order valence-electron chi connectivity index (χ1n) is 5.55. The molecule has 0 aliphatic carbocycles. The molecule has 5 heteroatoms. The van der Waals surface area contributed by atoms with Gasteiger partial charge in [-0.15, -0.1) is 0 Å². The average Bonchev–Trinajstić information content (AvgIpc) is 2.24. The normalized spacial score (nSPS) is 10.8. The van der Waals surface area contributed by atoms with E-state index in [1.165, 1.54) is 12.1 Å². The molecular formula is C13H16NO4-. The number of ether oxygens (including phenoxy) is 1. The van der Waals surface area contributed by atoms with Crippen molar-refractivity contribution < 1.29 is 19.4 Å². The molecule has 0 heterocycles. The van der Waals surface area contributed by atoms with Gasteiger partial charge in [0.2, 0.25) is 0 Å². The quantitative estimate of drug-likeness (QED) is 0.870. The van der Waals surface area contributed by atoms with Gasteiger partial charge >= 0.3 is 6.09 Å². The fourth-order valence-corrected chi connectivity index (χ4v) is 1.25. The highest BCUT2D eigenvalue weighted by molar-refractivity contribution is 5.85. The Morgan fingerprint density at radius 1 is 1.22 bits per heavy atom. The summed E-state index contributed by atoms with van der Waals surface area (Å²) >= 11 is 0. The van der Waals surface area contributed by atoms with Crippen molar-refractivity contribution in [2.75, 3.05) is 0 Å². The Bertz CT molecular complexity index is 431. The lowest BCUT2D eigenvalue weighted by atomic mass is 10.1. The van der Waals surface area contributed by atoms with Gasteiger partial charge in [-0.1, -0.05) is 24.3 Å². The molecule has 0 aliphatic rings. The number of carboxylic acids is 1. The molecule has 0 unspecified atom stereocenters. The Morgan fingerprint density at radius 3 is 2.22 bits per heavy atom. The Labute approximate surface area is 106 Å². The molecule has 0 saturated heterocycles. The number of carbonyl (C=O) groups excluding carboxylic acids is 2. The van der Waals surface area contributed by atoms with Crippen LogP contribution in [0.3, 0.4) is 0 Å². The van der Waals surface area contributed by atoms with Crippen molar-refractivity contribution in [3.63, 3.8) is 0 Å². The standard InChI is InChI=1S/C13H17NO4/c1-13(2,3)18-12(17)14-8-9-4-6-10(7-5-9)11(15)16/h4-7H,8H2,1-3H3,(H,14,17)(H,15,16)/p-1. The molecule has 1 N–H and O–H groups in total. The highest BCUT2D eigenvalue weighted by Gasteiger charge is 2.15. The summed E-state index contributed by atoms with van der Waals surface area (Å²) in [4.78, 5) is 21.9. The van der Waals surface area contributed by atoms with Crippen molar-refractivity contribution in [1.82, 2.24) is 5.32 Å². The van der Waals surface area contributed by atoms with Crippen LogP contribution in [0.4, 0.5) is 4.79 Å². The zero-order chi connectivity index (χ0) is 13.8. The second-order valence-corrected chi connectivity index (χ2v) is 4.84. The molecule has 1 aromatic rings. The summed E-state index contributed by atoms with van der Waals surface area (Å²) in [6, 6.07) is 6.09. The molecule has 1 rings (SSSR count). The molecule has 1 amide bonds. The molecule has 18 heavy (non-hydrogen) atoms. The van der Waals surface area contributed by atoms with Crippen LogP contribution in [-0.4, -0.2) is 17.7 Å². The number of rotatable bonds is 3. The monoisotopic (exact) mass is 250 g/mol. The second kappa shape index (κ2) is 5.53. The van der Waals surface area contributed by atoms with Crippen molar-refractivity contribution in [3.8, 4) is 0 Å². The zero-order valence-electron chi connectivity index (χ0n) is 10.6. The largest absolute Gasteiger partial charge is 0.545 e. The van der Waals surface area contributed by atoms with Gasteiger partial charge < -0.3 is 20.0 Å². The van der Waals surface area contributed by atoms with Crippen LogP contribution in [0, 0.1) is 0 Å². The van der Waals surface area contributed by atoms with Gasteiger partial charge in [0.1, 0.15) is 5.60 Å². The van der Waals surface area contributed by atoms with E-state index in [2.05, 4.69) is 5.32 Å². The number of aromatic carboxylic acids is 1. The van der Waals surface area contributed by atoms with Gasteiger partial charge in [-0.2, -0.15) is 0 Å². The maximum Gasteiger partial charge on any atom is 0.407 e. The van der Waals surface area contributed by atoms with Gasteiger partial charge in [0, 0.05) is 6.54 Å². The lowest BCUT2D eigenvalue weighted by Gasteiger charge is -2.19. The topological polar surface area (TPSA) is 78.5 Å². The number of carbonyl (C=O) groups is 2. The van der Waals surface area contributed by atoms with Gasteiger partial charge in [0.05, 0.1) is 5.97 Å². The summed E-state index contributed by atoms with van der Waals surface area (Å²) < 4.78 is 5.07. The van der Waals surface area contributed by atoms with Crippen molar-refractivity contribution in [1.29, 1.82) is 0 Å². The summed E-state index contributed by atoms with van der Waals surface area (Å²) in [6.45, 7) is 5.62. The number of alkyl carbamates (subject to hydrolysis) is 1. The van der Waals surface area contributed by atoms with Crippen LogP contribution in [-0.2, 0) is 11.3 Å². The average molecular weight is 250 g/mol. The molecular weight excluding hydrogens is 234 g/mol. The summed E-state index contributed by atoms with van der Waals surface area (Å²) in [5, 5.41) is 13.1. The fraction of sp³-hybridized carbons (Fsp3) is 0.385. The molecule has 0 radical (unpaired) electrons. The molecule has 1 aromatic carbocycles. The third-order valence-corrected chi connectivity index (χ3v) is 2.03. The van der Waals surface area contributed by atoms with E-state index in [4.69, 9.17) is 4.74 Å². The van der Waals surface area contributed by atoms with E-state index < -0.39 is 17.7 Å². The first-order valence-corrected chi connectivity index (χ1v) is 5.55. The number of hydrogen-bond acceptors (Lipinski definition) is 4. The van der Waals surface area contributed by atoms with Crippen LogP contribution in [0.1, 0.15) is 36.7 Å². The Morgan fingerprint density at radius 2 is 1.78 bits per heavy atom. The van der Waals surface area contributed by atoms with Crippen LogP contribution in [0.2, 0.25) is 0 Å². The molecule has 0 saturated carbocycles. The smallest absolute Gasteiger partial charge is 0.407 e. The Kier molecular flexibility index (Phi) is 4.31. The van der Waals surface area contributed by atoms with E-state index in [0.29, 0.717) is 0 Å². The summed E-state index contributed by atoms with van der Waals surface area (Å²) in [6.07, 6.45) is -0.508. The molecule has 0 bridgehead atoms. The van der Waals surface area contributed by atoms with Crippen molar-refractivity contribution in [3.05, 3.63) is 35.4 Å². The number of benzene rings is 1. The van der Waals surface area contributed by atoms with E-state index in [-0.39, 0.29) is 12.1 Å². The lowest BCUT2D eigenvalue weighted by Crippen LogP contribution is -2.32. The number of carboxylic acid groups (broad SMARTS) is 1. The molecule has 5 nitrogen and oxygen atoms in total. The minimum atomic E-state index is -1.22. The van der Waals surface area contributed by atoms with E-state index in [1.807, 2.05) is 0 Å². The molecule has 0 atom stereocenters. The first-order chi connectivity index (χ1) is 8.28. The van der Waals surface area contributed by atoms with E-state index in [1.54, 1.807) is 32.9 Å². The van der Waals surface area contributed by atoms with Crippen LogP contribution in [0.5, 0.6) is 0 Å². The predicted molar refractivity (Wildman–Crippen MR) is 63.8 cm³/mol. The van der Waals surface area contributed by atoms with E-state index >= 15 is 0 Å². The van der Waals surface area contributed by atoms with Crippen molar-refractivity contribution >= 4 is 12.1 Å². The third-order valence-electron chi connectivity index (χ3n) is 2.03. The molecule has 0 aromatic heterocycles. The zero-order valence-corrected chi connectivity index (χ0v) is 10.6. The van der Waals surface area contributed by atoms with Crippen molar-refractivity contribution in [2.24, 2.45) is 0 Å². The Balaban J connectivity index is 2.49. The SMILES string of the molecule is CC(C)(C)OC(=O)NCc1ccc(C(=O)[O-])cc1. The maximum absolute atomic E-state index is 11.4. The fourth-order valence-electron chi connectivity index (χ4n) is 1.25. The molecule has 98 valence electrons. The van der Waals surface area contributed by atoms with Gasteiger partial charge in [0.25, 0.3) is 0 Å². The molecule has 0 spiro atoms.